The second kappa shape index (κ2) is 4.85. The van der Waals surface area contributed by atoms with Crippen molar-refractivity contribution in [3.05, 3.63) is 34.9 Å². The topological polar surface area (TPSA) is 12.0 Å². The van der Waals surface area contributed by atoms with E-state index in [0.29, 0.717) is 0 Å². The highest BCUT2D eigenvalue weighted by atomic mass is 35.5. The summed E-state index contributed by atoms with van der Waals surface area (Å²) in [5.41, 5.74) is 1.31. The van der Waals surface area contributed by atoms with Crippen LogP contribution in [0.2, 0.25) is 5.02 Å². The Kier molecular flexibility index (Phi) is 4.04. The van der Waals surface area contributed by atoms with Crippen LogP contribution < -0.4 is 17.7 Å². The van der Waals surface area contributed by atoms with E-state index >= 15 is 0 Å². The Hall–Kier alpha value is -0.240. The van der Waals surface area contributed by atoms with Gasteiger partial charge in [-0.2, -0.15) is 0 Å². The van der Waals surface area contributed by atoms with E-state index in [9.17, 15) is 0 Å². The third kappa shape index (κ3) is 3.55. The molecule has 13 heavy (non-hydrogen) atoms. The summed E-state index contributed by atoms with van der Waals surface area (Å²) >= 11 is 5.77. The van der Waals surface area contributed by atoms with Crippen molar-refractivity contribution in [2.24, 2.45) is 0 Å². The Morgan fingerprint density at radius 3 is 2.38 bits per heavy atom. The predicted molar refractivity (Wildman–Crippen MR) is 51.3 cm³/mol. The van der Waals surface area contributed by atoms with Gasteiger partial charge in [0.2, 0.25) is 0 Å². The van der Waals surface area contributed by atoms with Gasteiger partial charge in [0, 0.05) is 17.6 Å². The van der Waals surface area contributed by atoms with Crippen LogP contribution in [-0.4, -0.2) is 6.04 Å². The van der Waals surface area contributed by atoms with E-state index in [0.717, 1.165) is 17.6 Å². The normalized spacial score (nSPS) is 15.2. The summed E-state index contributed by atoms with van der Waals surface area (Å²) < 4.78 is 0. The first-order valence-corrected chi connectivity index (χ1v) is 4.70. The standard InChI is InChI=1S/C10H12ClN.ClH/c11-9-3-1-8(2-4-9)7-12-10-5-6-10;/h1-4,10,12H,5-7H2;1H/p-1. The summed E-state index contributed by atoms with van der Waals surface area (Å²) in [4.78, 5) is 0. The summed E-state index contributed by atoms with van der Waals surface area (Å²) in [6, 6.07) is 8.78. The van der Waals surface area contributed by atoms with Gasteiger partial charge in [-0.1, -0.05) is 23.7 Å². The summed E-state index contributed by atoms with van der Waals surface area (Å²) in [6.45, 7) is 0.974. The second-order valence-electron chi connectivity index (χ2n) is 3.28. The minimum absolute atomic E-state index is 0. The van der Waals surface area contributed by atoms with Crippen molar-refractivity contribution in [3.63, 3.8) is 0 Å². The molecule has 1 aliphatic carbocycles. The van der Waals surface area contributed by atoms with E-state index in [1.54, 1.807) is 0 Å². The summed E-state index contributed by atoms with van der Waals surface area (Å²) in [5, 5.41) is 4.26. The number of hydrogen-bond acceptors (Lipinski definition) is 1. The SMILES string of the molecule is Clc1ccc(CNC2CC2)cc1.[Cl-]. The molecule has 0 radical (unpaired) electrons. The Bertz CT molecular complexity index is 254. The molecule has 0 saturated heterocycles. The molecule has 72 valence electrons. The Labute approximate surface area is 89.9 Å². The molecule has 0 unspecified atom stereocenters. The van der Waals surface area contributed by atoms with Crippen molar-refractivity contribution < 1.29 is 12.4 Å². The van der Waals surface area contributed by atoms with E-state index in [1.807, 2.05) is 12.1 Å². The molecule has 0 atom stereocenters. The highest BCUT2D eigenvalue weighted by Gasteiger charge is 2.19. The molecule has 0 amide bonds. The van der Waals surface area contributed by atoms with Crippen molar-refractivity contribution in [2.45, 2.75) is 25.4 Å². The first-order chi connectivity index (χ1) is 5.84. The zero-order valence-electron chi connectivity index (χ0n) is 7.26. The quantitative estimate of drug-likeness (QED) is 0.726. The average Bonchev–Trinajstić information content (AvgIpc) is 2.87. The van der Waals surface area contributed by atoms with E-state index in [4.69, 9.17) is 11.6 Å². The van der Waals surface area contributed by atoms with Gasteiger partial charge in [0.1, 0.15) is 0 Å². The van der Waals surface area contributed by atoms with Crippen LogP contribution in [0.5, 0.6) is 0 Å². The molecule has 0 spiro atoms. The van der Waals surface area contributed by atoms with Crippen LogP contribution in [0.3, 0.4) is 0 Å². The van der Waals surface area contributed by atoms with Crippen LogP contribution in [-0.2, 0) is 6.54 Å². The predicted octanol–water partition coefficient (Wildman–Crippen LogP) is -0.404. The number of nitrogens with one attached hydrogen (secondary N) is 1. The van der Waals surface area contributed by atoms with Gasteiger partial charge in [-0.15, -0.1) is 0 Å². The highest BCUT2D eigenvalue weighted by Crippen LogP contribution is 2.19. The minimum Gasteiger partial charge on any atom is -1.00 e. The van der Waals surface area contributed by atoms with Crippen molar-refractivity contribution in [2.75, 3.05) is 0 Å². The molecular weight excluding hydrogens is 205 g/mol. The van der Waals surface area contributed by atoms with Gasteiger partial charge in [-0.25, -0.2) is 0 Å². The molecule has 0 aromatic heterocycles. The van der Waals surface area contributed by atoms with Gasteiger partial charge in [-0.3, -0.25) is 0 Å². The van der Waals surface area contributed by atoms with Crippen LogP contribution in [0.4, 0.5) is 0 Å². The molecule has 1 aliphatic rings. The third-order valence-corrected chi connectivity index (χ3v) is 2.34. The lowest BCUT2D eigenvalue weighted by atomic mass is 10.2. The summed E-state index contributed by atoms with van der Waals surface area (Å²) in [7, 11) is 0. The van der Waals surface area contributed by atoms with Crippen LogP contribution in [0.25, 0.3) is 0 Å². The van der Waals surface area contributed by atoms with E-state index < -0.39 is 0 Å². The van der Waals surface area contributed by atoms with Crippen LogP contribution >= 0.6 is 11.6 Å². The van der Waals surface area contributed by atoms with Gasteiger partial charge in [-0.05, 0) is 30.5 Å². The molecule has 3 heteroatoms. The minimum atomic E-state index is 0. The van der Waals surface area contributed by atoms with Gasteiger partial charge in [0.25, 0.3) is 0 Å². The largest absolute Gasteiger partial charge is 1.00 e. The molecule has 1 aromatic rings. The van der Waals surface area contributed by atoms with Gasteiger partial charge in [0.15, 0.2) is 0 Å². The Morgan fingerprint density at radius 2 is 1.85 bits per heavy atom. The lowest BCUT2D eigenvalue weighted by molar-refractivity contribution is -0.00000241. The van der Waals surface area contributed by atoms with Gasteiger partial charge >= 0.3 is 0 Å². The van der Waals surface area contributed by atoms with Crippen LogP contribution in [0, 0.1) is 0 Å². The molecule has 0 heterocycles. The van der Waals surface area contributed by atoms with Gasteiger partial charge < -0.3 is 17.7 Å². The molecule has 1 fully saturated rings. The Morgan fingerprint density at radius 1 is 1.23 bits per heavy atom. The smallest absolute Gasteiger partial charge is 0.0406 e. The van der Waals surface area contributed by atoms with E-state index in [-0.39, 0.29) is 12.4 Å². The molecule has 1 N–H and O–H groups in total. The third-order valence-electron chi connectivity index (χ3n) is 2.09. The van der Waals surface area contributed by atoms with Crippen LogP contribution in [0.15, 0.2) is 24.3 Å². The number of halogens is 2. The zero-order chi connectivity index (χ0) is 8.39. The lowest BCUT2D eigenvalue weighted by Gasteiger charge is -2.01. The summed E-state index contributed by atoms with van der Waals surface area (Å²) in [5.74, 6) is 0. The van der Waals surface area contributed by atoms with Crippen molar-refractivity contribution in [3.8, 4) is 0 Å². The molecule has 1 aromatic carbocycles. The Balaban J connectivity index is 0.000000845. The highest BCUT2D eigenvalue weighted by molar-refractivity contribution is 6.30. The molecular formula is C10H12Cl2N-. The first kappa shape index (κ1) is 10.8. The van der Waals surface area contributed by atoms with E-state index in [1.165, 1.54) is 18.4 Å². The fourth-order valence-corrected chi connectivity index (χ4v) is 1.28. The number of hydrogen-bond donors (Lipinski definition) is 1. The average molecular weight is 217 g/mol. The van der Waals surface area contributed by atoms with Gasteiger partial charge in [0.05, 0.1) is 0 Å². The second-order valence-corrected chi connectivity index (χ2v) is 3.72. The molecule has 0 bridgehead atoms. The van der Waals surface area contributed by atoms with E-state index in [2.05, 4.69) is 17.4 Å². The lowest BCUT2D eigenvalue weighted by Crippen LogP contribution is -3.00. The van der Waals surface area contributed by atoms with Crippen molar-refractivity contribution in [1.29, 1.82) is 0 Å². The van der Waals surface area contributed by atoms with Crippen molar-refractivity contribution in [1.82, 2.24) is 5.32 Å². The number of benzene rings is 1. The zero-order valence-corrected chi connectivity index (χ0v) is 8.78. The maximum atomic E-state index is 5.77. The van der Waals surface area contributed by atoms with Crippen molar-refractivity contribution >= 4 is 11.6 Å². The maximum Gasteiger partial charge on any atom is 0.0406 e. The monoisotopic (exact) mass is 216 g/mol. The fraction of sp³-hybridized carbons (Fsp3) is 0.400. The van der Waals surface area contributed by atoms with Crippen LogP contribution in [0.1, 0.15) is 18.4 Å². The summed E-state index contributed by atoms with van der Waals surface area (Å²) in [6.07, 6.45) is 2.68. The molecule has 1 saturated carbocycles. The first-order valence-electron chi connectivity index (χ1n) is 4.32. The molecule has 1 nitrogen and oxygen atoms in total. The fourth-order valence-electron chi connectivity index (χ4n) is 1.15. The molecule has 2 rings (SSSR count). The maximum absolute atomic E-state index is 5.77. The molecule has 0 aliphatic heterocycles. The number of rotatable bonds is 3.